The van der Waals surface area contributed by atoms with Crippen molar-refractivity contribution in [3.05, 3.63) is 94.2 Å². The van der Waals surface area contributed by atoms with E-state index in [4.69, 9.17) is 4.74 Å². The smallest absolute Gasteiger partial charge is 0.358 e. The van der Waals surface area contributed by atoms with Crippen molar-refractivity contribution < 1.29 is 13.9 Å². The Kier molecular flexibility index (Phi) is 5.20. The van der Waals surface area contributed by atoms with Gasteiger partial charge in [-0.05, 0) is 23.8 Å². The third-order valence-corrected chi connectivity index (χ3v) is 4.86. The van der Waals surface area contributed by atoms with Gasteiger partial charge in [0.15, 0.2) is 18.1 Å². The maximum atomic E-state index is 13.8. The molecule has 4 rings (SSSR count). The first-order valence-electron chi connectivity index (χ1n) is 8.50. The lowest BCUT2D eigenvalue weighted by Gasteiger charge is -2.06. The minimum absolute atomic E-state index is 0.0338. The fourth-order valence-electron chi connectivity index (χ4n) is 2.64. The van der Waals surface area contributed by atoms with Crippen LogP contribution in [0.4, 0.5) is 4.39 Å². The zero-order chi connectivity index (χ0) is 19.3. The van der Waals surface area contributed by atoms with Gasteiger partial charge in [-0.3, -0.25) is 0 Å². The molecule has 2 heterocycles. The van der Waals surface area contributed by atoms with E-state index in [1.165, 1.54) is 23.7 Å². The highest BCUT2D eigenvalue weighted by Crippen LogP contribution is 2.18. The number of esters is 1. The van der Waals surface area contributed by atoms with Crippen molar-refractivity contribution in [1.29, 1.82) is 0 Å². The van der Waals surface area contributed by atoms with E-state index in [9.17, 15) is 9.18 Å². The van der Waals surface area contributed by atoms with Crippen LogP contribution in [0.15, 0.2) is 66.3 Å². The van der Waals surface area contributed by atoms with Crippen molar-refractivity contribution in [3.8, 4) is 5.69 Å². The number of para-hydroxylation sites is 1. The molecule has 8 heteroatoms. The van der Waals surface area contributed by atoms with Crippen molar-refractivity contribution in [2.45, 2.75) is 13.0 Å². The van der Waals surface area contributed by atoms with Crippen LogP contribution in [0.1, 0.15) is 26.9 Å². The quantitative estimate of drug-likeness (QED) is 0.465. The van der Waals surface area contributed by atoms with Gasteiger partial charge in [-0.1, -0.05) is 36.4 Å². The topological polar surface area (TPSA) is 69.9 Å². The summed E-state index contributed by atoms with van der Waals surface area (Å²) in [6, 6.07) is 16.0. The number of hydrogen-bond donors (Lipinski definition) is 0. The Hall–Kier alpha value is -3.39. The predicted molar refractivity (Wildman–Crippen MR) is 102 cm³/mol. The van der Waals surface area contributed by atoms with Crippen LogP contribution in [0.25, 0.3) is 5.69 Å². The van der Waals surface area contributed by atoms with E-state index in [2.05, 4.69) is 15.1 Å². The van der Waals surface area contributed by atoms with Crippen LogP contribution < -0.4 is 0 Å². The molecule has 0 atom stereocenters. The summed E-state index contributed by atoms with van der Waals surface area (Å²) < 4.78 is 20.7. The summed E-state index contributed by atoms with van der Waals surface area (Å²) >= 11 is 1.29. The molecule has 28 heavy (non-hydrogen) atoms. The van der Waals surface area contributed by atoms with Crippen LogP contribution in [0, 0.1) is 5.82 Å². The molecule has 0 saturated heterocycles. The van der Waals surface area contributed by atoms with Crippen LogP contribution >= 0.6 is 11.3 Å². The fraction of sp³-hybridized carbons (Fsp3) is 0.100. The van der Waals surface area contributed by atoms with E-state index in [-0.39, 0.29) is 18.1 Å². The van der Waals surface area contributed by atoms with E-state index >= 15 is 0 Å². The summed E-state index contributed by atoms with van der Waals surface area (Å²) in [4.78, 5) is 20.7. The first-order chi connectivity index (χ1) is 13.7. The van der Waals surface area contributed by atoms with Gasteiger partial charge in [-0.15, -0.1) is 11.3 Å². The van der Waals surface area contributed by atoms with E-state index in [0.717, 1.165) is 5.69 Å². The van der Waals surface area contributed by atoms with Gasteiger partial charge in [-0.25, -0.2) is 23.8 Å². The third kappa shape index (κ3) is 3.96. The summed E-state index contributed by atoms with van der Waals surface area (Å²) in [6.45, 7) is -0.0338. The average molecular weight is 394 g/mol. The van der Waals surface area contributed by atoms with Crippen molar-refractivity contribution >= 4 is 17.3 Å². The first kappa shape index (κ1) is 18.0. The number of halogens is 1. The van der Waals surface area contributed by atoms with Gasteiger partial charge in [0.25, 0.3) is 0 Å². The first-order valence-corrected chi connectivity index (χ1v) is 9.38. The lowest BCUT2D eigenvalue weighted by Crippen LogP contribution is -2.10. The summed E-state index contributed by atoms with van der Waals surface area (Å²) in [5.41, 5.74) is 1.56. The SMILES string of the molecule is O=C(OCc1ncnn1-c1ccccc1)c1csc(Cc2ccccc2F)n1. The molecule has 4 aromatic rings. The van der Waals surface area contributed by atoms with Crippen LogP contribution in [-0.4, -0.2) is 25.7 Å². The second-order valence-corrected chi connectivity index (χ2v) is 6.84. The number of benzene rings is 2. The number of hydrogen-bond acceptors (Lipinski definition) is 6. The van der Waals surface area contributed by atoms with Crippen LogP contribution in [0.3, 0.4) is 0 Å². The summed E-state index contributed by atoms with van der Waals surface area (Å²) in [5, 5.41) is 6.42. The van der Waals surface area contributed by atoms with E-state index in [0.29, 0.717) is 22.8 Å². The Morgan fingerprint density at radius 3 is 2.71 bits per heavy atom. The van der Waals surface area contributed by atoms with Crippen LogP contribution in [-0.2, 0) is 17.8 Å². The lowest BCUT2D eigenvalue weighted by atomic mass is 10.1. The molecule has 0 radical (unpaired) electrons. The minimum atomic E-state index is -0.557. The van der Waals surface area contributed by atoms with Gasteiger partial charge < -0.3 is 4.74 Å². The second-order valence-electron chi connectivity index (χ2n) is 5.89. The number of ether oxygens (including phenoxy) is 1. The molecule has 0 aliphatic carbocycles. The Bertz CT molecular complexity index is 1090. The highest BCUT2D eigenvalue weighted by atomic mass is 32.1. The van der Waals surface area contributed by atoms with Crippen LogP contribution in [0.2, 0.25) is 0 Å². The Labute approximate surface area is 164 Å². The number of carbonyl (C=O) groups excluding carboxylic acids is 1. The largest absolute Gasteiger partial charge is 0.453 e. The Morgan fingerprint density at radius 1 is 1.11 bits per heavy atom. The van der Waals surface area contributed by atoms with Crippen LogP contribution in [0.5, 0.6) is 0 Å². The van der Waals surface area contributed by atoms with Gasteiger partial charge in [-0.2, -0.15) is 5.10 Å². The normalized spacial score (nSPS) is 10.8. The Morgan fingerprint density at radius 2 is 1.89 bits per heavy atom. The van der Waals surface area contributed by atoms with Crippen molar-refractivity contribution in [1.82, 2.24) is 19.7 Å². The molecule has 0 N–H and O–H groups in total. The Balaban J connectivity index is 1.41. The van der Waals surface area contributed by atoms with Crippen molar-refractivity contribution in [2.24, 2.45) is 0 Å². The van der Waals surface area contributed by atoms with E-state index in [1.54, 1.807) is 28.3 Å². The molecule has 0 bridgehead atoms. The van der Waals surface area contributed by atoms with Gasteiger partial charge in [0.2, 0.25) is 0 Å². The summed E-state index contributed by atoms with van der Waals surface area (Å²) in [7, 11) is 0. The molecule has 0 aliphatic heterocycles. The molecule has 0 unspecified atom stereocenters. The van der Waals surface area contributed by atoms with Gasteiger partial charge >= 0.3 is 5.97 Å². The monoisotopic (exact) mass is 394 g/mol. The zero-order valence-electron chi connectivity index (χ0n) is 14.7. The number of nitrogens with zero attached hydrogens (tertiary/aromatic N) is 4. The minimum Gasteiger partial charge on any atom is -0.453 e. The fourth-order valence-corrected chi connectivity index (χ4v) is 3.43. The maximum Gasteiger partial charge on any atom is 0.358 e. The summed E-state index contributed by atoms with van der Waals surface area (Å²) in [5.74, 6) is -0.345. The van der Waals surface area contributed by atoms with E-state index < -0.39 is 5.97 Å². The lowest BCUT2D eigenvalue weighted by molar-refractivity contribution is 0.0453. The molecule has 0 amide bonds. The number of carbonyl (C=O) groups is 1. The zero-order valence-corrected chi connectivity index (χ0v) is 15.5. The highest BCUT2D eigenvalue weighted by Gasteiger charge is 2.15. The maximum absolute atomic E-state index is 13.8. The molecule has 0 saturated carbocycles. The van der Waals surface area contributed by atoms with Crippen molar-refractivity contribution in [2.75, 3.05) is 0 Å². The molecular formula is C20H15FN4O2S. The van der Waals surface area contributed by atoms with Gasteiger partial charge in [0.05, 0.1) is 10.7 Å². The molecule has 0 aliphatic rings. The molecule has 2 aromatic carbocycles. The average Bonchev–Trinajstić information content (AvgIpc) is 3.38. The van der Waals surface area contributed by atoms with E-state index in [1.807, 2.05) is 30.3 Å². The molecule has 0 spiro atoms. The standard InChI is InChI=1S/C20H15FN4O2S/c21-16-9-5-4-6-14(16)10-19-24-17(12-28-19)20(26)27-11-18-22-13-23-25(18)15-7-2-1-3-8-15/h1-9,12-13H,10-11H2. The number of aromatic nitrogens is 4. The molecule has 6 nitrogen and oxygen atoms in total. The molecule has 0 fully saturated rings. The second kappa shape index (κ2) is 8.10. The molecular weight excluding hydrogens is 379 g/mol. The summed E-state index contributed by atoms with van der Waals surface area (Å²) in [6.07, 6.45) is 1.73. The highest BCUT2D eigenvalue weighted by molar-refractivity contribution is 7.09. The number of thiazole rings is 1. The number of rotatable bonds is 6. The van der Waals surface area contributed by atoms with Crippen molar-refractivity contribution in [3.63, 3.8) is 0 Å². The third-order valence-electron chi connectivity index (χ3n) is 4.01. The predicted octanol–water partition coefficient (Wildman–Crippen LogP) is 3.81. The molecule has 140 valence electrons. The molecule has 2 aromatic heterocycles. The van der Waals surface area contributed by atoms with Gasteiger partial charge in [0.1, 0.15) is 12.1 Å². The van der Waals surface area contributed by atoms with Gasteiger partial charge in [0, 0.05) is 11.8 Å².